The minimum absolute atomic E-state index is 0.00236. The molecule has 106 valence electrons. The van der Waals surface area contributed by atoms with E-state index < -0.39 is 21.8 Å². The van der Waals surface area contributed by atoms with E-state index >= 15 is 0 Å². The highest BCUT2D eigenvalue weighted by Crippen LogP contribution is 2.22. The first-order valence-corrected chi connectivity index (χ1v) is 7.07. The molecule has 2 heterocycles. The molecule has 0 fully saturated rings. The molecule has 0 saturated heterocycles. The normalized spacial score (nSPS) is 11.3. The van der Waals surface area contributed by atoms with Gasteiger partial charge in [0.1, 0.15) is 16.5 Å². The largest absolute Gasteiger partial charge is 0.475 e. The Labute approximate surface area is 115 Å². The van der Waals surface area contributed by atoms with Crippen molar-refractivity contribution < 1.29 is 22.7 Å². The van der Waals surface area contributed by atoms with E-state index in [2.05, 4.69) is 9.71 Å². The van der Waals surface area contributed by atoms with Gasteiger partial charge in [0, 0.05) is 12.3 Å². The number of carboxylic acid groups (broad SMARTS) is 1. The summed E-state index contributed by atoms with van der Waals surface area (Å²) in [5, 5.41) is 8.79. The molecule has 0 aliphatic heterocycles. The zero-order chi connectivity index (χ0) is 14.9. The maximum absolute atomic E-state index is 12.2. The van der Waals surface area contributed by atoms with Crippen molar-refractivity contribution in [1.29, 1.82) is 0 Å². The van der Waals surface area contributed by atoms with E-state index in [0.717, 1.165) is 11.6 Å². The summed E-state index contributed by atoms with van der Waals surface area (Å²) >= 11 is 0. The van der Waals surface area contributed by atoms with Gasteiger partial charge < -0.3 is 9.52 Å². The predicted octanol–water partition coefficient (Wildman–Crippen LogP) is 1.79. The van der Waals surface area contributed by atoms with Crippen LogP contribution >= 0.6 is 0 Å². The number of nitrogens with zero attached hydrogens (tertiary/aromatic N) is 1. The van der Waals surface area contributed by atoms with Crippen LogP contribution in [0.1, 0.15) is 21.9 Å². The van der Waals surface area contributed by atoms with Gasteiger partial charge in [-0.1, -0.05) is 0 Å². The molecule has 0 unspecified atom stereocenters. The zero-order valence-electron chi connectivity index (χ0n) is 10.7. The molecule has 8 heteroatoms. The van der Waals surface area contributed by atoms with Gasteiger partial charge in [0.25, 0.3) is 10.0 Å². The lowest BCUT2D eigenvalue weighted by Crippen LogP contribution is -2.14. The molecule has 2 aromatic rings. The Morgan fingerprint density at radius 3 is 2.60 bits per heavy atom. The molecule has 0 spiro atoms. The number of rotatable bonds is 4. The molecular formula is C12H12N2O5S. The summed E-state index contributed by atoms with van der Waals surface area (Å²) in [5.74, 6) is -1.60. The number of carboxylic acids is 1. The monoisotopic (exact) mass is 296 g/mol. The first-order valence-electron chi connectivity index (χ1n) is 5.59. The van der Waals surface area contributed by atoms with Gasteiger partial charge in [-0.2, -0.15) is 0 Å². The predicted molar refractivity (Wildman–Crippen MR) is 70.2 cm³/mol. The number of pyridine rings is 1. The van der Waals surface area contributed by atoms with Crippen LogP contribution in [0, 0.1) is 13.8 Å². The third-order valence-electron chi connectivity index (χ3n) is 2.53. The Balaban J connectivity index is 2.38. The topological polar surface area (TPSA) is 110 Å². The van der Waals surface area contributed by atoms with Gasteiger partial charge in [-0.3, -0.25) is 4.72 Å². The maximum Gasteiger partial charge on any atom is 0.371 e. The van der Waals surface area contributed by atoms with Gasteiger partial charge in [-0.25, -0.2) is 18.2 Å². The number of anilines is 1. The van der Waals surface area contributed by atoms with Gasteiger partial charge in [0.15, 0.2) is 0 Å². The van der Waals surface area contributed by atoms with Crippen molar-refractivity contribution in [2.24, 2.45) is 0 Å². The van der Waals surface area contributed by atoms with Crippen LogP contribution in [0.4, 0.5) is 5.82 Å². The van der Waals surface area contributed by atoms with Crippen LogP contribution in [0.2, 0.25) is 0 Å². The summed E-state index contributed by atoms with van der Waals surface area (Å²) in [5.41, 5.74) is 0.841. The lowest BCUT2D eigenvalue weighted by Gasteiger charge is -2.06. The summed E-state index contributed by atoms with van der Waals surface area (Å²) < 4.78 is 31.5. The second-order valence-corrected chi connectivity index (χ2v) is 5.81. The molecule has 0 atom stereocenters. The molecule has 0 aromatic carbocycles. The summed E-state index contributed by atoms with van der Waals surface area (Å²) in [6.07, 6.45) is 1.47. The molecule has 2 N–H and O–H groups in total. The molecule has 20 heavy (non-hydrogen) atoms. The van der Waals surface area contributed by atoms with Crippen LogP contribution in [0.25, 0.3) is 0 Å². The van der Waals surface area contributed by atoms with E-state index in [1.165, 1.54) is 13.1 Å². The van der Waals surface area contributed by atoms with Crippen molar-refractivity contribution in [3.8, 4) is 0 Å². The molecule has 0 aliphatic rings. The third-order valence-corrected chi connectivity index (χ3v) is 3.99. The van der Waals surface area contributed by atoms with E-state index in [-0.39, 0.29) is 16.5 Å². The second-order valence-electron chi connectivity index (χ2n) is 4.16. The molecule has 0 saturated carbocycles. The van der Waals surface area contributed by atoms with Crippen LogP contribution in [0.3, 0.4) is 0 Å². The maximum atomic E-state index is 12.2. The second kappa shape index (κ2) is 4.97. The Bertz CT molecular complexity index is 764. The highest BCUT2D eigenvalue weighted by Gasteiger charge is 2.24. The van der Waals surface area contributed by atoms with Crippen molar-refractivity contribution >= 4 is 21.8 Å². The van der Waals surface area contributed by atoms with Crippen LogP contribution in [0.5, 0.6) is 0 Å². The van der Waals surface area contributed by atoms with E-state index in [9.17, 15) is 13.2 Å². The number of hydrogen-bond donors (Lipinski definition) is 2. The summed E-state index contributed by atoms with van der Waals surface area (Å²) in [6, 6.07) is 4.25. The summed E-state index contributed by atoms with van der Waals surface area (Å²) in [7, 11) is -3.94. The molecule has 2 aromatic heterocycles. The standard InChI is InChI=1S/C12H12N2O5S/c1-7-3-4-13-11(5-7)14-20(17,18)10-6-9(12(15)16)19-8(10)2/h3-6H,1-2H3,(H,13,14)(H,15,16). The van der Waals surface area contributed by atoms with Crippen LogP contribution < -0.4 is 4.72 Å². The number of hydrogen-bond acceptors (Lipinski definition) is 5. The van der Waals surface area contributed by atoms with Crippen LogP contribution in [-0.2, 0) is 10.0 Å². The van der Waals surface area contributed by atoms with Gasteiger partial charge in [-0.05, 0) is 31.5 Å². The SMILES string of the molecule is Cc1ccnc(NS(=O)(=O)c2cc(C(=O)O)oc2C)c1. The highest BCUT2D eigenvalue weighted by atomic mass is 32.2. The van der Waals surface area contributed by atoms with Crippen molar-refractivity contribution in [3.63, 3.8) is 0 Å². The van der Waals surface area contributed by atoms with Crippen molar-refractivity contribution in [2.75, 3.05) is 4.72 Å². The van der Waals surface area contributed by atoms with Crippen molar-refractivity contribution in [1.82, 2.24) is 4.98 Å². The Morgan fingerprint density at radius 1 is 1.35 bits per heavy atom. The van der Waals surface area contributed by atoms with E-state index in [4.69, 9.17) is 9.52 Å². The quantitative estimate of drug-likeness (QED) is 0.890. The van der Waals surface area contributed by atoms with E-state index in [0.29, 0.717) is 0 Å². The van der Waals surface area contributed by atoms with Crippen LogP contribution in [-0.4, -0.2) is 24.5 Å². The van der Waals surface area contributed by atoms with Crippen molar-refractivity contribution in [3.05, 3.63) is 41.5 Å². The first kappa shape index (κ1) is 14.1. The average Bonchev–Trinajstić information content (AvgIpc) is 2.71. The number of aryl methyl sites for hydroxylation is 2. The molecule has 0 radical (unpaired) electrons. The fourth-order valence-electron chi connectivity index (χ4n) is 1.62. The van der Waals surface area contributed by atoms with E-state index in [1.54, 1.807) is 19.1 Å². The summed E-state index contributed by atoms with van der Waals surface area (Å²) in [6.45, 7) is 3.18. The van der Waals surface area contributed by atoms with Gasteiger partial charge in [0.2, 0.25) is 5.76 Å². The Morgan fingerprint density at radius 2 is 2.05 bits per heavy atom. The number of carbonyl (C=O) groups is 1. The number of aromatic carboxylic acids is 1. The average molecular weight is 296 g/mol. The van der Waals surface area contributed by atoms with E-state index in [1.807, 2.05) is 0 Å². The number of sulfonamides is 1. The first-order chi connectivity index (χ1) is 9.29. The molecule has 0 bridgehead atoms. The molecule has 7 nitrogen and oxygen atoms in total. The Hall–Kier alpha value is -2.35. The van der Waals surface area contributed by atoms with Gasteiger partial charge in [0.05, 0.1) is 0 Å². The molecule has 0 aliphatic carbocycles. The smallest absolute Gasteiger partial charge is 0.371 e. The lowest BCUT2D eigenvalue weighted by molar-refractivity contribution is 0.0661. The number of aromatic nitrogens is 1. The molecule has 2 rings (SSSR count). The highest BCUT2D eigenvalue weighted by molar-refractivity contribution is 7.92. The van der Waals surface area contributed by atoms with Gasteiger partial charge >= 0.3 is 5.97 Å². The number of nitrogens with one attached hydrogen (secondary N) is 1. The number of furan rings is 1. The lowest BCUT2D eigenvalue weighted by atomic mass is 10.3. The molecular weight excluding hydrogens is 284 g/mol. The van der Waals surface area contributed by atoms with Gasteiger partial charge in [-0.15, -0.1) is 0 Å². The fourth-order valence-corrected chi connectivity index (χ4v) is 2.80. The summed E-state index contributed by atoms with van der Waals surface area (Å²) in [4.78, 5) is 14.4. The van der Waals surface area contributed by atoms with Crippen LogP contribution in [0.15, 0.2) is 33.7 Å². The minimum Gasteiger partial charge on any atom is -0.475 e. The Kier molecular flexibility index (Phi) is 3.49. The molecule has 0 amide bonds. The minimum atomic E-state index is -3.94. The fraction of sp³-hybridized carbons (Fsp3) is 0.167. The third kappa shape index (κ3) is 2.80. The zero-order valence-corrected chi connectivity index (χ0v) is 11.6. The van der Waals surface area contributed by atoms with Crippen molar-refractivity contribution in [2.45, 2.75) is 18.7 Å².